The van der Waals surface area contributed by atoms with Crippen molar-refractivity contribution in [3.8, 4) is 17.2 Å². The fourth-order valence-electron chi connectivity index (χ4n) is 2.81. The van der Waals surface area contributed by atoms with Gasteiger partial charge in [-0.25, -0.2) is 4.98 Å². The summed E-state index contributed by atoms with van der Waals surface area (Å²) in [5.41, 5.74) is 5.57. The van der Waals surface area contributed by atoms with Gasteiger partial charge in [0.25, 0.3) is 0 Å². The van der Waals surface area contributed by atoms with E-state index in [4.69, 9.17) is 27.4 Å². The standard InChI is InChI=1S/C18H21N3O2S/c19-18(24)21-17-16(22-12-13-6-4-5-7-13)10-15(11-20-17)23-14-8-2-1-3-9-14/h1-3,8-11,13H,4-7,12H2,(H3,19,20,21,24). The molecule has 0 bridgehead atoms. The SMILES string of the molecule is NC(=S)Nc1ncc(Oc2ccccc2)cc1OCC1CCCC1. The zero-order valence-electron chi connectivity index (χ0n) is 13.4. The molecule has 1 heterocycles. The van der Waals surface area contributed by atoms with E-state index in [1.807, 2.05) is 36.4 Å². The first-order valence-electron chi connectivity index (χ1n) is 8.13. The summed E-state index contributed by atoms with van der Waals surface area (Å²) in [5, 5.41) is 3.01. The maximum atomic E-state index is 5.98. The van der Waals surface area contributed by atoms with Crippen LogP contribution in [0, 0.1) is 5.92 Å². The first-order valence-corrected chi connectivity index (χ1v) is 8.54. The molecule has 1 aliphatic rings. The highest BCUT2D eigenvalue weighted by molar-refractivity contribution is 7.80. The second kappa shape index (κ2) is 7.97. The average Bonchev–Trinajstić information content (AvgIpc) is 3.09. The molecule has 0 spiro atoms. The van der Waals surface area contributed by atoms with Gasteiger partial charge in [0.1, 0.15) is 11.5 Å². The molecule has 5 nitrogen and oxygen atoms in total. The Morgan fingerprint density at radius 2 is 1.96 bits per heavy atom. The van der Waals surface area contributed by atoms with Crippen LogP contribution in [0.4, 0.5) is 5.82 Å². The molecular formula is C18H21N3O2S. The second-order valence-electron chi connectivity index (χ2n) is 5.88. The molecule has 0 saturated heterocycles. The second-order valence-corrected chi connectivity index (χ2v) is 6.32. The number of benzene rings is 1. The summed E-state index contributed by atoms with van der Waals surface area (Å²) < 4.78 is 11.8. The molecule has 126 valence electrons. The van der Waals surface area contributed by atoms with Crippen LogP contribution in [0.15, 0.2) is 42.6 Å². The molecule has 1 aromatic heterocycles. The Balaban J connectivity index is 1.75. The molecule has 2 aromatic rings. The number of rotatable bonds is 6. The van der Waals surface area contributed by atoms with Gasteiger partial charge < -0.3 is 20.5 Å². The van der Waals surface area contributed by atoms with Crippen LogP contribution in [0.3, 0.4) is 0 Å². The number of nitrogens with two attached hydrogens (primary N) is 1. The molecule has 3 N–H and O–H groups in total. The lowest BCUT2D eigenvalue weighted by Crippen LogP contribution is -2.20. The fourth-order valence-corrected chi connectivity index (χ4v) is 2.91. The lowest BCUT2D eigenvalue weighted by molar-refractivity contribution is 0.252. The molecule has 1 saturated carbocycles. The summed E-state index contributed by atoms with van der Waals surface area (Å²) in [6.45, 7) is 0.669. The van der Waals surface area contributed by atoms with Crippen LogP contribution in [0.1, 0.15) is 25.7 Å². The minimum Gasteiger partial charge on any atom is -0.489 e. The van der Waals surface area contributed by atoms with Crippen molar-refractivity contribution in [3.05, 3.63) is 42.6 Å². The number of nitrogens with zero attached hydrogens (tertiary/aromatic N) is 1. The maximum Gasteiger partial charge on any atom is 0.175 e. The lowest BCUT2D eigenvalue weighted by atomic mass is 10.1. The van der Waals surface area contributed by atoms with Crippen molar-refractivity contribution in [1.82, 2.24) is 4.98 Å². The number of pyridine rings is 1. The summed E-state index contributed by atoms with van der Waals surface area (Å²) in [6.07, 6.45) is 6.61. The largest absolute Gasteiger partial charge is 0.489 e. The maximum absolute atomic E-state index is 5.98. The number of anilines is 1. The molecule has 0 aliphatic heterocycles. The van der Waals surface area contributed by atoms with Crippen molar-refractivity contribution < 1.29 is 9.47 Å². The minimum atomic E-state index is 0.157. The van der Waals surface area contributed by atoms with Crippen molar-refractivity contribution >= 4 is 23.1 Å². The molecule has 1 aliphatic carbocycles. The topological polar surface area (TPSA) is 69.4 Å². The minimum absolute atomic E-state index is 0.157. The number of hydrogen-bond acceptors (Lipinski definition) is 4. The van der Waals surface area contributed by atoms with Crippen molar-refractivity contribution in [2.45, 2.75) is 25.7 Å². The number of ether oxygens (including phenoxy) is 2. The number of para-hydroxylation sites is 1. The number of aromatic nitrogens is 1. The molecule has 0 unspecified atom stereocenters. The van der Waals surface area contributed by atoms with Gasteiger partial charge in [0.15, 0.2) is 16.7 Å². The van der Waals surface area contributed by atoms with Crippen LogP contribution in [-0.2, 0) is 0 Å². The Morgan fingerprint density at radius 3 is 2.67 bits per heavy atom. The zero-order chi connectivity index (χ0) is 16.8. The molecule has 1 fully saturated rings. The van der Waals surface area contributed by atoms with Gasteiger partial charge in [-0.1, -0.05) is 31.0 Å². The normalized spacial score (nSPS) is 14.3. The van der Waals surface area contributed by atoms with E-state index < -0.39 is 0 Å². The quantitative estimate of drug-likeness (QED) is 0.770. The van der Waals surface area contributed by atoms with Crippen LogP contribution >= 0.6 is 12.2 Å². The van der Waals surface area contributed by atoms with E-state index in [9.17, 15) is 0 Å². The highest BCUT2D eigenvalue weighted by Gasteiger charge is 2.17. The zero-order valence-corrected chi connectivity index (χ0v) is 14.2. The Labute approximate surface area is 147 Å². The van der Waals surface area contributed by atoms with E-state index in [0.29, 0.717) is 29.8 Å². The van der Waals surface area contributed by atoms with Crippen LogP contribution in [0.5, 0.6) is 17.2 Å². The third kappa shape index (κ3) is 4.58. The predicted octanol–water partition coefficient (Wildman–Crippen LogP) is 4.10. The lowest BCUT2D eigenvalue weighted by Gasteiger charge is -2.16. The summed E-state index contributed by atoms with van der Waals surface area (Å²) in [4.78, 5) is 4.33. The van der Waals surface area contributed by atoms with Crippen molar-refractivity contribution in [2.24, 2.45) is 11.7 Å². The van der Waals surface area contributed by atoms with Gasteiger partial charge in [-0.3, -0.25) is 0 Å². The molecule has 6 heteroatoms. The summed E-state index contributed by atoms with van der Waals surface area (Å²) >= 11 is 4.91. The van der Waals surface area contributed by atoms with Crippen molar-refractivity contribution in [1.29, 1.82) is 0 Å². The van der Waals surface area contributed by atoms with Crippen molar-refractivity contribution in [2.75, 3.05) is 11.9 Å². The van der Waals surface area contributed by atoms with Crippen LogP contribution in [0.25, 0.3) is 0 Å². The van der Waals surface area contributed by atoms with E-state index in [0.717, 1.165) is 5.75 Å². The van der Waals surface area contributed by atoms with Gasteiger partial charge in [-0.05, 0) is 43.1 Å². The van der Waals surface area contributed by atoms with Gasteiger partial charge in [-0.2, -0.15) is 0 Å². The summed E-state index contributed by atoms with van der Waals surface area (Å²) in [6, 6.07) is 11.4. The Kier molecular flexibility index (Phi) is 5.48. The molecule has 1 aromatic carbocycles. The summed E-state index contributed by atoms with van der Waals surface area (Å²) in [5.74, 6) is 3.07. The predicted molar refractivity (Wildman–Crippen MR) is 98.6 cm³/mol. The van der Waals surface area contributed by atoms with Gasteiger partial charge in [0.2, 0.25) is 0 Å². The van der Waals surface area contributed by atoms with E-state index in [2.05, 4.69) is 10.3 Å². The van der Waals surface area contributed by atoms with Crippen LogP contribution in [0.2, 0.25) is 0 Å². The number of nitrogens with one attached hydrogen (secondary N) is 1. The molecule has 0 atom stereocenters. The van der Waals surface area contributed by atoms with Crippen LogP contribution < -0.4 is 20.5 Å². The Hall–Kier alpha value is -2.34. The third-order valence-electron chi connectivity index (χ3n) is 4.00. The number of thiocarbonyl (C=S) groups is 1. The fraction of sp³-hybridized carbons (Fsp3) is 0.333. The average molecular weight is 343 g/mol. The molecular weight excluding hydrogens is 322 g/mol. The van der Waals surface area contributed by atoms with Gasteiger partial charge in [0, 0.05) is 6.07 Å². The molecule has 0 radical (unpaired) electrons. The number of hydrogen-bond donors (Lipinski definition) is 2. The molecule has 0 amide bonds. The van der Waals surface area contributed by atoms with Gasteiger partial charge in [0.05, 0.1) is 12.8 Å². The monoisotopic (exact) mass is 343 g/mol. The highest BCUT2D eigenvalue weighted by Crippen LogP contribution is 2.31. The van der Waals surface area contributed by atoms with Crippen molar-refractivity contribution in [3.63, 3.8) is 0 Å². The molecule has 3 rings (SSSR count). The van der Waals surface area contributed by atoms with E-state index in [-0.39, 0.29) is 5.11 Å². The Morgan fingerprint density at radius 1 is 1.21 bits per heavy atom. The summed E-state index contributed by atoms with van der Waals surface area (Å²) in [7, 11) is 0. The van der Waals surface area contributed by atoms with Gasteiger partial charge in [-0.15, -0.1) is 0 Å². The Bertz CT molecular complexity index is 688. The first-order chi connectivity index (χ1) is 11.7. The van der Waals surface area contributed by atoms with Crippen LogP contribution in [-0.4, -0.2) is 16.7 Å². The van der Waals surface area contributed by atoms with Gasteiger partial charge >= 0.3 is 0 Å². The smallest absolute Gasteiger partial charge is 0.175 e. The van der Waals surface area contributed by atoms with E-state index in [1.165, 1.54) is 25.7 Å². The molecule has 24 heavy (non-hydrogen) atoms. The van der Waals surface area contributed by atoms with E-state index in [1.54, 1.807) is 6.20 Å². The highest BCUT2D eigenvalue weighted by atomic mass is 32.1. The van der Waals surface area contributed by atoms with E-state index >= 15 is 0 Å². The third-order valence-corrected chi connectivity index (χ3v) is 4.10. The first kappa shape index (κ1) is 16.5.